The number of aromatic nitrogens is 1. The zero-order valence-corrected chi connectivity index (χ0v) is 28.0. The van der Waals surface area contributed by atoms with E-state index in [-0.39, 0.29) is 26.5 Å². The minimum absolute atomic E-state index is 0. The molecule has 0 radical (unpaired) electrons. The second-order valence-electron chi connectivity index (χ2n) is 12.3. The quantitative estimate of drug-likeness (QED) is 0.162. The van der Waals surface area contributed by atoms with Crippen LogP contribution in [0.1, 0.15) is 26.3 Å². The summed E-state index contributed by atoms with van der Waals surface area (Å²) in [6.07, 6.45) is 0. The van der Waals surface area contributed by atoms with E-state index >= 15 is 0 Å². The van der Waals surface area contributed by atoms with Gasteiger partial charge in [0.2, 0.25) is 0 Å². The monoisotopic (exact) mass is 776 g/mol. The standard InChI is InChI=1S/C41H31N3O.Pt/c1-41(2,3)29-13-11-17-32(25-29)44-37-20-8-7-19-35(37)36-24-23-34(27-40(36)44)45-33-18-12-16-31(26-33)43-28-42(30-14-5-4-6-15-30)38-21-9-10-22-39(38)43;/h4-16,18-25,28H,1-3H3;/q-4;+4. The molecule has 0 N–H and O–H groups in total. The average Bonchev–Trinajstić information content (AvgIpc) is 3.61. The molecule has 6 aromatic carbocycles. The van der Waals surface area contributed by atoms with Crippen LogP contribution in [0.4, 0.5) is 22.7 Å². The summed E-state index contributed by atoms with van der Waals surface area (Å²) in [7, 11) is 0. The van der Waals surface area contributed by atoms with Gasteiger partial charge < -0.3 is 19.1 Å². The van der Waals surface area contributed by atoms with Crippen molar-refractivity contribution >= 4 is 44.6 Å². The molecule has 2 heterocycles. The molecule has 1 aliphatic heterocycles. The summed E-state index contributed by atoms with van der Waals surface area (Å²) in [6.45, 7) is 8.81. The third-order valence-electron chi connectivity index (χ3n) is 8.35. The minimum atomic E-state index is 0. The van der Waals surface area contributed by atoms with Crippen molar-refractivity contribution < 1.29 is 25.8 Å². The molecule has 226 valence electrons. The maximum absolute atomic E-state index is 6.46. The average molecular weight is 777 g/mol. The molecule has 4 nitrogen and oxygen atoms in total. The van der Waals surface area contributed by atoms with Gasteiger partial charge in [-0.05, 0) is 41.1 Å². The van der Waals surface area contributed by atoms with E-state index < -0.39 is 0 Å². The van der Waals surface area contributed by atoms with Gasteiger partial charge >= 0.3 is 21.1 Å². The van der Waals surface area contributed by atoms with Crippen molar-refractivity contribution in [1.82, 2.24) is 4.57 Å². The Kier molecular flexibility index (Phi) is 7.70. The molecular weight excluding hydrogens is 746 g/mol. The van der Waals surface area contributed by atoms with Crippen molar-refractivity contribution in [2.45, 2.75) is 26.2 Å². The molecule has 0 saturated carbocycles. The number of nitrogens with zero attached hydrogens (tertiary/aromatic N) is 3. The fraction of sp³-hybridized carbons (Fsp3) is 0.0976. The molecular formula is C41H31N3OPt. The van der Waals surface area contributed by atoms with Crippen LogP contribution in [-0.4, -0.2) is 4.57 Å². The van der Waals surface area contributed by atoms with Gasteiger partial charge in [-0.3, -0.25) is 0 Å². The van der Waals surface area contributed by atoms with Crippen molar-refractivity contribution in [1.29, 1.82) is 0 Å². The molecule has 7 aromatic rings. The number of para-hydroxylation sites is 4. The van der Waals surface area contributed by atoms with E-state index in [1.807, 2.05) is 30.3 Å². The van der Waals surface area contributed by atoms with Gasteiger partial charge in [-0.1, -0.05) is 80.5 Å². The molecule has 8 rings (SSSR count). The van der Waals surface area contributed by atoms with Crippen LogP contribution in [0.3, 0.4) is 0 Å². The van der Waals surface area contributed by atoms with Crippen LogP contribution in [0.2, 0.25) is 0 Å². The van der Waals surface area contributed by atoms with Crippen molar-refractivity contribution in [2.75, 3.05) is 9.80 Å². The topological polar surface area (TPSA) is 20.6 Å². The first-order valence-corrected chi connectivity index (χ1v) is 15.2. The first-order chi connectivity index (χ1) is 21.9. The summed E-state index contributed by atoms with van der Waals surface area (Å²) >= 11 is 0. The summed E-state index contributed by atoms with van der Waals surface area (Å²) in [5.74, 6) is 1.25. The number of rotatable bonds is 5. The van der Waals surface area contributed by atoms with Gasteiger partial charge in [0.05, 0.1) is 0 Å². The molecule has 0 saturated heterocycles. The molecule has 0 aliphatic carbocycles. The van der Waals surface area contributed by atoms with Crippen molar-refractivity contribution in [3.63, 3.8) is 0 Å². The number of fused-ring (bicyclic) bond motifs is 4. The number of ether oxygens (including phenoxy) is 1. The fourth-order valence-corrected chi connectivity index (χ4v) is 6.09. The van der Waals surface area contributed by atoms with Crippen LogP contribution >= 0.6 is 0 Å². The minimum Gasteiger partial charge on any atom is -0.509 e. The van der Waals surface area contributed by atoms with E-state index in [9.17, 15) is 0 Å². The van der Waals surface area contributed by atoms with Gasteiger partial charge in [-0.2, -0.15) is 35.9 Å². The van der Waals surface area contributed by atoms with Gasteiger partial charge in [-0.15, -0.1) is 54.1 Å². The maximum Gasteiger partial charge on any atom is 4.00 e. The second-order valence-corrected chi connectivity index (χ2v) is 12.3. The number of hydrogen-bond donors (Lipinski definition) is 0. The molecule has 5 heteroatoms. The fourth-order valence-electron chi connectivity index (χ4n) is 6.09. The maximum atomic E-state index is 6.46. The van der Waals surface area contributed by atoms with Crippen LogP contribution in [0, 0.1) is 24.9 Å². The molecule has 1 aromatic heterocycles. The van der Waals surface area contributed by atoms with E-state index in [1.54, 1.807) is 0 Å². The molecule has 0 amide bonds. The Balaban J connectivity index is 0.00000338. The Labute approximate surface area is 284 Å². The summed E-state index contributed by atoms with van der Waals surface area (Å²) < 4.78 is 8.70. The van der Waals surface area contributed by atoms with E-state index in [1.165, 1.54) is 10.9 Å². The van der Waals surface area contributed by atoms with Gasteiger partial charge in [0.1, 0.15) is 0 Å². The Morgan fingerprint density at radius 1 is 0.630 bits per heavy atom. The molecule has 0 unspecified atom stereocenters. The number of hydrogen-bond acceptors (Lipinski definition) is 3. The molecule has 0 atom stereocenters. The van der Waals surface area contributed by atoms with Gasteiger partial charge in [0.25, 0.3) is 0 Å². The molecule has 1 aliphatic rings. The van der Waals surface area contributed by atoms with Gasteiger partial charge in [0, 0.05) is 34.1 Å². The first kappa shape index (κ1) is 29.9. The summed E-state index contributed by atoms with van der Waals surface area (Å²) in [5.41, 5.74) is 8.52. The second kappa shape index (κ2) is 11.9. The largest absolute Gasteiger partial charge is 4.00 e. The predicted molar refractivity (Wildman–Crippen MR) is 184 cm³/mol. The zero-order valence-electron chi connectivity index (χ0n) is 25.8. The number of benzene rings is 6. The van der Waals surface area contributed by atoms with Gasteiger partial charge in [0.15, 0.2) is 0 Å². The molecule has 0 fully saturated rings. The molecule has 46 heavy (non-hydrogen) atoms. The van der Waals surface area contributed by atoms with Crippen LogP contribution in [-0.2, 0) is 26.5 Å². The Morgan fingerprint density at radius 3 is 2.15 bits per heavy atom. The number of anilines is 4. The summed E-state index contributed by atoms with van der Waals surface area (Å²) in [4.78, 5) is 4.35. The van der Waals surface area contributed by atoms with E-state index in [0.717, 1.165) is 44.9 Å². The van der Waals surface area contributed by atoms with E-state index in [4.69, 9.17) is 4.74 Å². The van der Waals surface area contributed by atoms with E-state index in [2.05, 4.69) is 157 Å². The Bertz CT molecular complexity index is 2180. The van der Waals surface area contributed by atoms with E-state index in [0.29, 0.717) is 11.5 Å². The van der Waals surface area contributed by atoms with Crippen LogP contribution in [0.15, 0.2) is 127 Å². The Hall–Kier alpha value is -4.79. The normalized spacial score (nSPS) is 12.8. The first-order valence-electron chi connectivity index (χ1n) is 15.2. The molecule has 0 bridgehead atoms. The Morgan fingerprint density at radius 2 is 1.35 bits per heavy atom. The van der Waals surface area contributed by atoms with Crippen molar-refractivity contribution in [2.24, 2.45) is 0 Å². The van der Waals surface area contributed by atoms with Crippen LogP contribution < -0.4 is 14.5 Å². The van der Waals surface area contributed by atoms with Crippen LogP contribution in [0.5, 0.6) is 11.5 Å². The predicted octanol–water partition coefficient (Wildman–Crippen LogP) is 10.7. The smallest absolute Gasteiger partial charge is 0.509 e. The van der Waals surface area contributed by atoms with Crippen molar-refractivity contribution in [3.05, 3.63) is 158 Å². The molecule has 0 spiro atoms. The zero-order chi connectivity index (χ0) is 30.5. The van der Waals surface area contributed by atoms with Crippen LogP contribution in [0.25, 0.3) is 27.5 Å². The van der Waals surface area contributed by atoms with Gasteiger partial charge in [-0.25, -0.2) is 0 Å². The summed E-state index contributed by atoms with van der Waals surface area (Å²) in [5, 5.41) is 2.29. The van der Waals surface area contributed by atoms with Crippen molar-refractivity contribution in [3.8, 4) is 17.2 Å². The third kappa shape index (κ3) is 5.27. The SMILES string of the molecule is CC(C)(C)c1cc[c-]c(-n2c3[c-]c(Oc4[c-]c(N5[CH-]N(c6ccccc6)c6ccccc65)ccc4)ccc3c3ccccc32)c1.[Pt+4]. The third-order valence-corrected chi connectivity index (χ3v) is 8.35. The summed E-state index contributed by atoms with van der Waals surface area (Å²) in [6, 6.07) is 54.3.